The number of hydrogen-bond acceptors (Lipinski definition) is 2. The average molecular weight is 214 g/mol. The summed E-state index contributed by atoms with van der Waals surface area (Å²) in [7, 11) is 0. The van der Waals surface area contributed by atoms with Crippen LogP contribution in [0.5, 0.6) is 0 Å². The minimum absolute atomic E-state index is 0.396. The van der Waals surface area contributed by atoms with Gasteiger partial charge in [-0.05, 0) is 19.3 Å². The fourth-order valence-corrected chi connectivity index (χ4v) is 1.31. The Morgan fingerprint density at radius 1 is 1.00 bits per heavy atom. The number of carbonyl (C=O) groups is 2. The molecule has 0 aliphatic rings. The summed E-state index contributed by atoms with van der Waals surface area (Å²) in [6, 6.07) is 0. The summed E-state index contributed by atoms with van der Waals surface area (Å²) >= 11 is 0. The van der Waals surface area contributed by atoms with E-state index in [0.717, 1.165) is 19.3 Å². The average Bonchev–Trinajstić information content (AvgIpc) is 2.24. The molecular weight excluding hydrogens is 192 g/mol. The lowest BCUT2D eigenvalue weighted by molar-refractivity contribution is -0.145. The number of amides is 2. The first kappa shape index (κ1) is 13.9. The summed E-state index contributed by atoms with van der Waals surface area (Å²) in [6.07, 6.45) is 2.61. The Bertz CT molecular complexity index is 199. The fraction of sp³-hybridized carbons (Fsp3) is 0.818. The third-order valence-corrected chi connectivity index (χ3v) is 2.00. The summed E-state index contributed by atoms with van der Waals surface area (Å²) in [5.74, 6) is -0.870. The number of carbonyl (C=O) groups excluding carboxylic acids is 2. The highest BCUT2D eigenvalue weighted by molar-refractivity contribution is 6.34. The molecule has 4 nitrogen and oxygen atoms in total. The Balaban J connectivity index is 4.15. The minimum Gasteiger partial charge on any atom is -0.348 e. The van der Waals surface area contributed by atoms with Crippen molar-refractivity contribution in [3.8, 4) is 0 Å². The van der Waals surface area contributed by atoms with Gasteiger partial charge in [0, 0.05) is 19.6 Å². The van der Waals surface area contributed by atoms with Crippen molar-refractivity contribution in [2.75, 3.05) is 19.6 Å². The zero-order valence-corrected chi connectivity index (χ0v) is 10.0. The van der Waals surface area contributed by atoms with Crippen molar-refractivity contribution in [1.29, 1.82) is 0 Å². The van der Waals surface area contributed by atoms with Gasteiger partial charge >= 0.3 is 11.8 Å². The van der Waals surface area contributed by atoms with Gasteiger partial charge in [-0.15, -0.1) is 0 Å². The van der Waals surface area contributed by atoms with E-state index in [0.29, 0.717) is 19.6 Å². The molecule has 0 atom stereocenters. The molecule has 15 heavy (non-hydrogen) atoms. The van der Waals surface area contributed by atoms with Crippen molar-refractivity contribution in [3.63, 3.8) is 0 Å². The van der Waals surface area contributed by atoms with Crippen LogP contribution in [0.3, 0.4) is 0 Å². The Kier molecular flexibility index (Phi) is 7.68. The molecule has 0 spiro atoms. The summed E-state index contributed by atoms with van der Waals surface area (Å²) in [4.78, 5) is 24.6. The van der Waals surface area contributed by atoms with Gasteiger partial charge in [0.05, 0.1) is 0 Å². The number of hydrogen-bond donors (Lipinski definition) is 1. The van der Waals surface area contributed by atoms with Gasteiger partial charge in [-0.3, -0.25) is 9.59 Å². The number of nitrogens with one attached hydrogen (secondary N) is 1. The summed E-state index contributed by atoms with van der Waals surface area (Å²) in [5.41, 5.74) is 0. The highest BCUT2D eigenvalue weighted by Crippen LogP contribution is 1.95. The number of nitrogens with zero attached hydrogens (tertiary/aromatic N) is 1. The number of rotatable bonds is 6. The highest BCUT2D eigenvalue weighted by atomic mass is 16.2. The normalized spacial score (nSPS) is 9.80. The van der Waals surface area contributed by atoms with Crippen LogP contribution in [0.2, 0.25) is 0 Å². The maximum atomic E-state index is 11.6. The van der Waals surface area contributed by atoms with Gasteiger partial charge in [0.15, 0.2) is 0 Å². The molecule has 0 aliphatic heterocycles. The van der Waals surface area contributed by atoms with Crippen LogP contribution in [0.25, 0.3) is 0 Å². The summed E-state index contributed by atoms with van der Waals surface area (Å²) in [5, 5.41) is 2.60. The largest absolute Gasteiger partial charge is 0.348 e. The smallest absolute Gasteiger partial charge is 0.311 e. The maximum Gasteiger partial charge on any atom is 0.311 e. The third-order valence-electron chi connectivity index (χ3n) is 2.00. The monoisotopic (exact) mass is 214 g/mol. The lowest BCUT2D eigenvalue weighted by Crippen LogP contribution is -2.43. The maximum absolute atomic E-state index is 11.6. The van der Waals surface area contributed by atoms with Crippen LogP contribution in [0.15, 0.2) is 0 Å². The Morgan fingerprint density at radius 2 is 1.53 bits per heavy atom. The second-order valence-corrected chi connectivity index (χ2v) is 3.55. The molecule has 0 fully saturated rings. The molecule has 0 saturated heterocycles. The van der Waals surface area contributed by atoms with Gasteiger partial charge < -0.3 is 10.2 Å². The van der Waals surface area contributed by atoms with Crippen molar-refractivity contribution >= 4 is 11.8 Å². The molecule has 1 N–H and O–H groups in total. The van der Waals surface area contributed by atoms with Gasteiger partial charge in [-0.1, -0.05) is 20.8 Å². The van der Waals surface area contributed by atoms with E-state index < -0.39 is 11.8 Å². The molecule has 0 aromatic heterocycles. The lowest BCUT2D eigenvalue weighted by Gasteiger charge is -2.20. The molecule has 0 saturated carbocycles. The summed E-state index contributed by atoms with van der Waals surface area (Å²) < 4.78 is 0. The topological polar surface area (TPSA) is 49.4 Å². The molecule has 0 unspecified atom stereocenters. The predicted octanol–water partition coefficient (Wildman–Crippen LogP) is 1.16. The van der Waals surface area contributed by atoms with Gasteiger partial charge in [-0.2, -0.15) is 0 Å². The van der Waals surface area contributed by atoms with Crippen molar-refractivity contribution in [2.45, 2.75) is 40.0 Å². The van der Waals surface area contributed by atoms with Crippen molar-refractivity contribution < 1.29 is 9.59 Å². The van der Waals surface area contributed by atoms with Crippen molar-refractivity contribution in [1.82, 2.24) is 10.2 Å². The van der Waals surface area contributed by atoms with Crippen LogP contribution in [0.1, 0.15) is 40.0 Å². The first-order chi connectivity index (χ1) is 7.17. The second kappa shape index (κ2) is 8.26. The van der Waals surface area contributed by atoms with Crippen LogP contribution in [0.4, 0.5) is 0 Å². The second-order valence-electron chi connectivity index (χ2n) is 3.55. The minimum atomic E-state index is -0.473. The third kappa shape index (κ3) is 5.40. The van der Waals surface area contributed by atoms with E-state index in [1.165, 1.54) is 0 Å². The van der Waals surface area contributed by atoms with Crippen LogP contribution < -0.4 is 5.32 Å². The van der Waals surface area contributed by atoms with E-state index in [1.807, 2.05) is 20.8 Å². The van der Waals surface area contributed by atoms with Gasteiger partial charge in [0.25, 0.3) is 0 Å². The van der Waals surface area contributed by atoms with E-state index in [-0.39, 0.29) is 0 Å². The SMILES string of the molecule is CCCNC(=O)C(=O)N(CCC)CCC. The quantitative estimate of drug-likeness (QED) is 0.675. The first-order valence-corrected chi connectivity index (χ1v) is 5.74. The van der Waals surface area contributed by atoms with E-state index in [9.17, 15) is 9.59 Å². The molecule has 0 heterocycles. The molecule has 0 bridgehead atoms. The van der Waals surface area contributed by atoms with E-state index in [4.69, 9.17) is 0 Å². The highest BCUT2D eigenvalue weighted by Gasteiger charge is 2.19. The summed E-state index contributed by atoms with van der Waals surface area (Å²) in [6.45, 7) is 7.84. The van der Waals surface area contributed by atoms with Crippen LogP contribution in [0, 0.1) is 0 Å². The predicted molar refractivity (Wildman–Crippen MR) is 60.5 cm³/mol. The Morgan fingerprint density at radius 3 is 1.93 bits per heavy atom. The molecular formula is C11H22N2O2. The van der Waals surface area contributed by atoms with Gasteiger partial charge in [0.2, 0.25) is 0 Å². The lowest BCUT2D eigenvalue weighted by atomic mass is 10.3. The van der Waals surface area contributed by atoms with Crippen LogP contribution >= 0.6 is 0 Å². The van der Waals surface area contributed by atoms with Gasteiger partial charge in [-0.25, -0.2) is 0 Å². The van der Waals surface area contributed by atoms with E-state index in [1.54, 1.807) is 4.90 Å². The van der Waals surface area contributed by atoms with Crippen molar-refractivity contribution in [2.24, 2.45) is 0 Å². The van der Waals surface area contributed by atoms with Gasteiger partial charge in [0.1, 0.15) is 0 Å². The molecule has 4 heteroatoms. The van der Waals surface area contributed by atoms with E-state index >= 15 is 0 Å². The molecule has 0 aromatic carbocycles. The van der Waals surface area contributed by atoms with Crippen molar-refractivity contribution in [3.05, 3.63) is 0 Å². The molecule has 88 valence electrons. The van der Waals surface area contributed by atoms with Crippen LogP contribution in [-0.2, 0) is 9.59 Å². The fourth-order valence-electron chi connectivity index (χ4n) is 1.31. The molecule has 0 radical (unpaired) electrons. The van der Waals surface area contributed by atoms with E-state index in [2.05, 4.69) is 5.32 Å². The van der Waals surface area contributed by atoms with Crippen LogP contribution in [-0.4, -0.2) is 36.3 Å². The standard InChI is InChI=1S/C11H22N2O2/c1-4-7-12-10(14)11(15)13(8-5-2)9-6-3/h4-9H2,1-3H3,(H,12,14). The molecule has 0 aromatic rings. The zero-order valence-electron chi connectivity index (χ0n) is 10.0. The first-order valence-electron chi connectivity index (χ1n) is 5.74. The zero-order chi connectivity index (χ0) is 11.7. The molecule has 0 rings (SSSR count). The Hall–Kier alpha value is -1.06. The molecule has 0 aliphatic carbocycles. The Labute approximate surface area is 92.0 Å². The molecule has 2 amide bonds.